The Bertz CT molecular complexity index is 793. The van der Waals surface area contributed by atoms with E-state index in [2.05, 4.69) is 10.3 Å². The molecule has 1 aromatic carbocycles. The summed E-state index contributed by atoms with van der Waals surface area (Å²) >= 11 is 5.69. The average Bonchev–Trinajstić information content (AvgIpc) is 3.46. The van der Waals surface area contributed by atoms with E-state index in [0.717, 1.165) is 5.56 Å². The van der Waals surface area contributed by atoms with Gasteiger partial charge in [-0.15, -0.1) is 0 Å². The molecule has 1 aliphatic rings. The van der Waals surface area contributed by atoms with E-state index >= 15 is 0 Å². The Morgan fingerprint density at radius 3 is 2.84 bits per heavy atom. The van der Waals surface area contributed by atoms with Crippen molar-refractivity contribution in [3.05, 3.63) is 58.0 Å². The maximum Gasteiger partial charge on any atom is 0.227 e. The molecular formula is C19H20ClFN2O2. The highest BCUT2D eigenvalue weighted by atomic mass is 35.5. The lowest BCUT2D eigenvalue weighted by Gasteiger charge is -2.15. The number of nitrogens with zero attached hydrogens (tertiary/aromatic N) is 1. The number of amides is 1. The molecule has 0 radical (unpaired) electrons. The SMILES string of the molecule is COc1ncc(C2CC2)cc1CNC(=O)[C@@H](C)c1ccc(Cl)c(F)c1. The van der Waals surface area contributed by atoms with Crippen LogP contribution in [0.15, 0.2) is 30.5 Å². The molecule has 6 heteroatoms. The highest BCUT2D eigenvalue weighted by molar-refractivity contribution is 6.30. The summed E-state index contributed by atoms with van der Waals surface area (Å²) in [6, 6.07) is 6.45. The van der Waals surface area contributed by atoms with Crippen LogP contribution in [0.25, 0.3) is 0 Å². The fourth-order valence-corrected chi connectivity index (χ4v) is 2.85. The largest absolute Gasteiger partial charge is 0.481 e. The molecule has 0 unspecified atom stereocenters. The molecule has 0 spiro atoms. The quantitative estimate of drug-likeness (QED) is 0.838. The Balaban J connectivity index is 1.68. The fourth-order valence-electron chi connectivity index (χ4n) is 2.74. The van der Waals surface area contributed by atoms with Crippen LogP contribution in [-0.4, -0.2) is 18.0 Å². The molecule has 1 fully saturated rings. The van der Waals surface area contributed by atoms with Gasteiger partial charge < -0.3 is 10.1 Å². The summed E-state index contributed by atoms with van der Waals surface area (Å²) in [4.78, 5) is 16.7. The highest BCUT2D eigenvalue weighted by Crippen LogP contribution is 2.40. The van der Waals surface area contributed by atoms with Gasteiger partial charge in [0.25, 0.3) is 0 Å². The Morgan fingerprint density at radius 1 is 1.44 bits per heavy atom. The minimum atomic E-state index is -0.526. The van der Waals surface area contributed by atoms with Crippen LogP contribution in [0.5, 0.6) is 5.88 Å². The van der Waals surface area contributed by atoms with Crippen molar-refractivity contribution in [2.45, 2.75) is 38.1 Å². The van der Waals surface area contributed by atoms with Crippen molar-refractivity contribution in [3.63, 3.8) is 0 Å². The predicted molar refractivity (Wildman–Crippen MR) is 94.4 cm³/mol. The summed E-state index contributed by atoms with van der Waals surface area (Å²) in [5.74, 6) is -0.126. The Kier molecular flexibility index (Phi) is 5.23. The second kappa shape index (κ2) is 7.40. The van der Waals surface area contributed by atoms with Gasteiger partial charge in [-0.3, -0.25) is 4.79 Å². The molecule has 1 amide bonds. The van der Waals surface area contributed by atoms with Crippen molar-refractivity contribution in [3.8, 4) is 5.88 Å². The summed E-state index contributed by atoms with van der Waals surface area (Å²) < 4.78 is 18.9. The number of hydrogen-bond acceptors (Lipinski definition) is 3. The molecule has 2 aromatic rings. The Morgan fingerprint density at radius 2 is 2.20 bits per heavy atom. The van der Waals surface area contributed by atoms with Gasteiger partial charge in [0.1, 0.15) is 5.82 Å². The fraction of sp³-hybridized carbons (Fsp3) is 0.368. The lowest BCUT2D eigenvalue weighted by molar-refractivity contribution is -0.122. The number of aromatic nitrogens is 1. The molecule has 0 bridgehead atoms. The molecule has 3 rings (SSSR count). The molecule has 4 nitrogen and oxygen atoms in total. The Hall–Kier alpha value is -2.14. The van der Waals surface area contributed by atoms with Crippen molar-refractivity contribution in [2.75, 3.05) is 7.11 Å². The minimum absolute atomic E-state index is 0.0454. The summed E-state index contributed by atoms with van der Waals surface area (Å²) in [6.07, 6.45) is 4.19. The first-order valence-corrected chi connectivity index (χ1v) is 8.63. The maximum absolute atomic E-state index is 13.6. The molecule has 1 saturated carbocycles. The van der Waals surface area contributed by atoms with Gasteiger partial charge in [0.05, 0.1) is 18.1 Å². The molecule has 132 valence electrons. The van der Waals surface area contributed by atoms with Crippen LogP contribution in [0.1, 0.15) is 48.3 Å². The predicted octanol–water partition coefficient (Wildman–Crippen LogP) is 4.18. The third-order valence-corrected chi connectivity index (χ3v) is 4.79. The third kappa shape index (κ3) is 4.10. The van der Waals surface area contributed by atoms with Crippen molar-refractivity contribution in [1.82, 2.24) is 10.3 Å². The van der Waals surface area contributed by atoms with Crippen LogP contribution in [-0.2, 0) is 11.3 Å². The standard InChI is InChI=1S/C19H20ClFN2O2/c1-11(13-5-6-16(20)17(21)8-13)18(24)22-10-15-7-14(12-3-4-12)9-23-19(15)25-2/h5-9,11-12H,3-4,10H2,1-2H3,(H,22,24)/t11-/m0/s1. The van der Waals surface area contributed by atoms with E-state index in [-0.39, 0.29) is 10.9 Å². The number of methoxy groups -OCH3 is 1. The first-order valence-electron chi connectivity index (χ1n) is 8.25. The van der Waals surface area contributed by atoms with E-state index in [1.807, 2.05) is 12.3 Å². The topological polar surface area (TPSA) is 51.2 Å². The van der Waals surface area contributed by atoms with Crippen LogP contribution >= 0.6 is 11.6 Å². The number of hydrogen-bond donors (Lipinski definition) is 1. The van der Waals surface area contributed by atoms with Gasteiger partial charge in [0.2, 0.25) is 11.8 Å². The Labute approximate surface area is 151 Å². The van der Waals surface area contributed by atoms with Crippen LogP contribution in [0.3, 0.4) is 0 Å². The van der Waals surface area contributed by atoms with Gasteiger partial charge in [0, 0.05) is 18.3 Å². The zero-order valence-corrected chi connectivity index (χ0v) is 14.9. The van der Waals surface area contributed by atoms with E-state index in [9.17, 15) is 9.18 Å². The monoisotopic (exact) mass is 362 g/mol. The zero-order chi connectivity index (χ0) is 18.0. The molecule has 0 aliphatic heterocycles. The van der Waals surface area contributed by atoms with Crippen molar-refractivity contribution < 1.29 is 13.9 Å². The van der Waals surface area contributed by atoms with Crippen LogP contribution in [0.4, 0.5) is 4.39 Å². The second-order valence-electron chi connectivity index (χ2n) is 6.32. The van der Waals surface area contributed by atoms with Crippen molar-refractivity contribution >= 4 is 17.5 Å². The van der Waals surface area contributed by atoms with Crippen LogP contribution < -0.4 is 10.1 Å². The van der Waals surface area contributed by atoms with E-state index in [4.69, 9.17) is 16.3 Å². The zero-order valence-electron chi connectivity index (χ0n) is 14.2. The average molecular weight is 363 g/mol. The third-order valence-electron chi connectivity index (χ3n) is 4.48. The molecular weight excluding hydrogens is 343 g/mol. The molecule has 25 heavy (non-hydrogen) atoms. The number of nitrogens with one attached hydrogen (secondary N) is 1. The normalized spacial score (nSPS) is 14.9. The lowest BCUT2D eigenvalue weighted by Crippen LogP contribution is -2.28. The van der Waals surface area contributed by atoms with E-state index in [0.29, 0.717) is 23.9 Å². The second-order valence-corrected chi connectivity index (χ2v) is 6.73. The smallest absolute Gasteiger partial charge is 0.227 e. The first-order chi connectivity index (χ1) is 12.0. The van der Waals surface area contributed by atoms with Gasteiger partial charge in [-0.1, -0.05) is 17.7 Å². The van der Waals surface area contributed by atoms with E-state index in [1.165, 1.54) is 30.5 Å². The van der Waals surface area contributed by atoms with Gasteiger partial charge in [-0.05, 0) is 55.0 Å². The number of rotatable bonds is 6. The van der Waals surface area contributed by atoms with Crippen LogP contribution in [0.2, 0.25) is 5.02 Å². The molecule has 0 saturated heterocycles. The maximum atomic E-state index is 13.6. The van der Waals surface area contributed by atoms with E-state index < -0.39 is 11.7 Å². The van der Waals surface area contributed by atoms with Crippen molar-refractivity contribution in [1.29, 1.82) is 0 Å². The number of benzene rings is 1. The summed E-state index contributed by atoms with van der Waals surface area (Å²) in [5, 5.41) is 2.92. The van der Waals surface area contributed by atoms with Crippen molar-refractivity contribution in [2.24, 2.45) is 0 Å². The molecule has 1 atom stereocenters. The minimum Gasteiger partial charge on any atom is -0.481 e. The lowest BCUT2D eigenvalue weighted by atomic mass is 10.00. The summed E-state index contributed by atoms with van der Waals surface area (Å²) in [6.45, 7) is 2.05. The van der Waals surface area contributed by atoms with Gasteiger partial charge in [0.15, 0.2) is 0 Å². The van der Waals surface area contributed by atoms with E-state index in [1.54, 1.807) is 20.1 Å². The number of pyridine rings is 1. The molecule has 1 aromatic heterocycles. The van der Waals surface area contributed by atoms with Gasteiger partial charge >= 0.3 is 0 Å². The highest BCUT2D eigenvalue weighted by Gasteiger charge is 2.25. The van der Waals surface area contributed by atoms with Gasteiger partial charge in [-0.25, -0.2) is 9.37 Å². The van der Waals surface area contributed by atoms with Crippen LogP contribution in [0, 0.1) is 5.82 Å². The van der Waals surface area contributed by atoms with Gasteiger partial charge in [-0.2, -0.15) is 0 Å². The summed E-state index contributed by atoms with van der Waals surface area (Å²) in [7, 11) is 1.56. The summed E-state index contributed by atoms with van der Waals surface area (Å²) in [5.41, 5.74) is 2.60. The number of carbonyl (C=O) groups excluding carboxylic acids is 1. The molecule has 1 aliphatic carbocycles. The number of carbonyl (C=O) groups is 1. The first kappa shape index (κ1) is 17.7. The number of halogens is 2. The molecule has 1 N–H and O–H groups in total. The number of ether oxygens (including phenoxy) is 1. The molecule has 1 heterocycles.